The lowest BCUT2D eigenvalue weighted by molar-refractivity contribution is -0.141. The first kappa shape index (κ1) is 13.6. The summed E-state index contributed by atoms with van der Waals surface area (Å²) >= 11 is 1.45. The molecule has 1 heterocycles. The average molecular weight is 269 g/mol. The Morgan fingerprint density at radius 2 is 1.83 bits per heavy atom. The van der Waals surface area contributed by atoms with E-state index in [0.29, 0.717) is 6.42 Å². The highest BCUT2D eigenvalue weighted by molar-refractivity contribution is 8.00. The monoisotopic (exact) mass is 269 g/mol. The van der Waals surface area contributed by atoms with Gasteiger partial charge in [0.15, 0.2) is 0 Å². The van der Waals surface area contributed by atoms with E-state index >= 15 is 0 Å². The van der Waals surface area contributed by atoms with E-state index in [1.165, 1.54) is 16.7 Å². The minimum Gasteiger partial charge on any atom is -0.300 e. The fourth-order valence-corrected chi connectivity index (χ4v) is 3.56. The van der Waals surface area contributed by atoms with Crippen molar-refractivity contribution in [3.05, 3.63) is 0 Å². The Kier molecular flexibility index (Phi) is 4.10. The van der Waals surface area contributed by atoms with Crippen molar-refractivity contribution >= 4 is 29.4 Å². The van der Waals surface area contributed by atoms with Gasteiger partial charge in [-0.05, 0) is 38.9 Å². The second-order valence-electron chi connectivity index (χ2n) is 5.15. The molecule has 0 N–H and O–H groups in total. The molecule has 1 saturated heterocycles. The van der Waals surface area contributed by atoms with Crippen molar-refractivity contribution in [2.24, 2.45) is 5.92 Å². The highest BCUT2D eigenvalue weighted by Gasteiger charge is 2.43. The van der Waals surface area contributed by atoms with Gasteiger partial charge in [0, 0.05) is 18.4 Å². The number of hydrogen-bond acceptors (Lipinski definition) is 4. The van der Waals surface area contributed by atoms with Crippen molar-refractivity contribution < 1.29 is 14.4 Å². The standard InChI is InChI=1S/C13H19NO3S/c1-8(15)9-3-5-10(6-4-9)14-12(16)7-11(18-2)13(14)17/h9-11H,3-7H2,1-2H3. The van der Waals surface area contributed by atoms with Gasteiger partial charge in [-0.1, -0.05) is 0 Å². The highest BCUT2D eigenvalue weighted by Crippen LogP contribution is 2.33. The first-order chi connectivity index (χ1) is 8.54. The van der Waals surface area contributed by atoms with Crippen LogP contribution < -0.4 is 0 Å². The van der Waals surface area contributed by atoms with Crippen LogP contribution in [0.2, 0.25) is 0 Å². The Labute approximate surface area is 111 Å². The van der Waals surface area contributed by atoms with Crippen LogP contribution in [-0.4, -0.2) is 40.0 Å². The maximum atomic E-state index is 12.1. The number of likely N-dealkylation sites (tertiary alicyclic amines) is 1. The number of rotatable bonds is 3. The zero-order valence-electron chi connectivity index (χ0n) is 10.8. The fraction of sp³-hybridized carbons (Fsp3) is 0.769. The van der Waals surface area contributed by atoms with Crippen molar-refractivity contribution in [3.8, 4) is 0 Å². The molecule has 2 aliphatic rings. The molecule has 0 spiro atoms. The average Bonchev–Trinajstić information content (AvgIpc) is 2.64. The van der Waals surface area contributed by atoms with Gasteiger partial charge in [0.1, 0.15) is 5.78 Å². The Hall–Kier alpha value is -0.840. The summed E-state index contributed by atoms with van der Waals surface area (Å²) in [6.07, 6.45) is 5.38. The predicted molar refractivity (Wildman–Crippen MR) is 70.2 cm³/mol. The lowest BCUT2D eigenvalue weighted by atomic mass is 9.83. The van der Waals surface area contributed by atoms with Crippen molar-refractivity contribution in [1.82, 2.24) is 4.90 Å². The van der Waals surface area contributed by atoms with E-state index in [-0.39, 0.29) is 34.8 Å². The maximum Gasteiger partial charge on any atom is 0.243 e. The molecule has 0 aromatic heterocycles. The number of imide groups is 1. The van der Waals surface area contributed by atoms with Gasteiger partial charge in [-0.25, -0.2) is 0 Å². The van der Waals surface area contributed by atoms with Crippen LogP contribution in [0, 0.1) is 5.92 Å². The zero-order valence-corrected chi connectivity index (χ0v) is 11.7. The van der Waals surface area contributed by atoms with Crippen LogP contribution >= 0.6 is 11.8 Å². The van der Waals surface area contributed by atoms with Crippen LogP contribution in [0.25, 0.3) is 0 Å². The summed E-state index contributed by atoms with van der Waals surface area (Å²) in [6.45, 7) is 1.63. The van der Waals surface area contributed by atoms with E-state index in [1.807, 2.05) is 6.26 Å². The van der Waals surface area contributed by atoms with Crippen LogP contribution in [0.15, 0.2) is 0 Å². The maximum absolute atomic E-state index is 12.1. The third-order valence-corrected chi connectivity index (χ3v) is 5.00. The van der Waals surface area contributed by atoms with Crippen molar-refractivity contribution in [1.29, 1.82) is 0 Å². The van der Waals surface area contributed by atoms with Gasteiger partial charge in [0.25, 0.3) is 0 Å². The molecule has 1 atom stereocenters. The summed E-state index contributed by atoms with van der Waals surface area (Å²) in [5.41, 5.74) is 0. The molecule has 100 valence electrons. The summed E-state index contributed by atoms with van der Waals surface area (Å²) in [7, 11) is 0. The summed E-state index contributed by atoms with van der Waals surface area (Å²) in [5, 5.41) is -0.192. The van der Waals surface area contributed by atoms with Gasteiger partial charge in [-0.3, -0.25) is 19.3 Å². The topological polar surface area (TPSA) is 54.5 Å². The number of ketones is 1. The summed E-state index contributed by atoms with van der Waals surface area (Å²) in [6, 6.07) is 0.0257. The van der Waals surface area contributed by atoms with Gasteiger partial charge < -0.3 is 0 Å². The number of thioether (sulfide) groups is 1. The van der Waals surface area contributed by atoms with Crippen LogP contribution in [0.1, 0.15) is 39.0 Å². The minimum absolute atomic E-state index is 0.0257. The molecule has 0 aromatic carbocycles. The largest absolute Gasteiger partial charge is 0.300 e. The summed E-state index contributed by atoms with van der Waals surface area (Å²) in [5.74, 6) is 0.296. The smallest absolute Gasteiger partial charge is 0.243 e. The second-order valence-corrected chi connectivity index (χ2v) is 6.19. The predicted octanol–water partition coefficient (Wildman–Crippen LogP) is 1.62. The van der Waals surface area contributed by atoms with Gasteiger partial charge in [0.2, 0.25) is 11.8 Å². The fourth-order valence-electron chi connectivity index (χ4n) is 2.93. The molecule has 18 heavy (non-hydrogen) atoms. The van der Waals surface area contributed by atoms with E-state index in [4.69, 9.17) is 0 Å². The SMILES string of the molecule is CSC1CC(=O)N(C2CCC(C(C)=O)CC2)C1=O. The Bertz CT molecular complexity index is 374. The highest BCUT2D eigenvalue weighted by atomic mass is 32.2. The van der Waals surface area contributed by atoms with E-state index in [2.05, 4.69) is 0 Å². The number of nitrogens with zero attached hydrogens (tertiary/aromatic N) is 1. The van der Waals surface area contributed by atoms with Gasteiger partial charge in [-0.15, -0.1) is 0 Å². The molecular weight excluding hydrogens is 250 g/mol. The molecule has 2 fully saturated rings. The lowest BCUT2D eigenvalue weighted by Gasteiger charge is -2.32. The Morgan fingerprint density at radius 1 is 1.22 bits per heavy atom. The molecule has 1 saturated carbocycles. The van der Waals surface area contributed by atoms with Gasteiger partial charge in [0.05, 0.1) is 5.25 Å². The first-order valence-electron chi connectivity index (χ1n) is 6.43. The summed E-state index contributed by atoms with van der Waals surface area (Å²) in [4.78, 5) is 36.7. The molecule has 1 unspecified atom stereocenters. The quantitative estimate of drug-likeness (QED) is 0.731. The van der Waals surface area contributed by atoms with Crippen LogP contribution in [0.3, 0.4) is 0 Å². The van der Waals surface area contributed by atoms with Crippen LogP contribution in [0.4, 0.5) is 0 Å². The molecule has 2 rings (SSSR count). The Morgan fingerprint density at radius 3 is 2.28 bits per heavy atom. The number of carbonyl (C=O) groups is 3. The molecule has 0 radical (unpaired) electrons. The van der Waals surface area contributed by atoms with Crippen LogP contribution in [-0.2, 0) is 14.4 Å². The molecule has 0 aromatic rings. The lowest BCUT2D eigenvalue weighted by Crippen LogP contribution is -2.43. The third kappa shape index (κ3) is 2.46. The van der Waals surface area contributed by atoms with Gasteiger partial charge in [-0.2, -0.15) is 11.8 Å². The first-order valence-corrected chi connectivity index (χ1v) is 7.72. The van der Waals surface area contributed by atoms with E-state index < -0.39 is 0 Å². The van der Waals surface area contributed by atoms with Crippen LogP contribution in [0.5, 0.6) is 0 Å². The number of Topliss-reactive ketones (excluding diaryl/α,β-unsaturated/α-hetero) is 1. The normalized spacial score (nSPS) is 33.0. The number of hydrogen-bond donors (Lipinski definition) is 0. The third-order valence-electron chi connectivity index (χ3n) is 4.06. The zero-order chi connectivity index (χ0) is 13.3. The van der Waals surface area contributed by atoms with Gasteiger partial charge >= 0.3 is 0 Å². The van der Waals surface area contributed by atoms with E-state index in [0.717, 1.165) is 25.7 Å². The Balaban J connectivity index is 1.99. The molecule has 1 aliphatic heterocycles. The molecule has 2 amide bonds. The number of carbonyl (C=O) groups excluding carboxylic acids is 3. The number of amides is 2. The van der Waals surface area contributed by atoms with Crippen molar-refractivity contribution in [2.75, 3.05) is 6.26 Å². The molecule has 5 heteroatoms. The molecule has 1 aliphatic carbocycles. The minimum atomic E-state index is -0.192. The molecule has 4 nitrogen and oxygen atoms in total. The van der Waals surface area contributed by atoms with E-state index in [1.54, 1.807) is 6.92 Å². The second kappa shape index (κ2) is 5.43. The van der Waals surface area contributed by atoms with Crippen molar-refractivity contribution in [3.63, 3.8) is 0 Å². The van der Waals surface area contributed by atoms with E-state index in [9.17, 15) is 14.4 Å². The van der Waals surface area contributed by atoms with Crippen molar-refractivity contribution in [2.45, 2.75) is 50.3 Å². The molecular formula is C13H19NO3S. The molecule has 0 bridgehead atoms. The summed E-state index contributed by atoms with van der Waals surface area (Å²) < 4.78 is 0.